The lowest BCUT2D eigenvalue weighted by atomic mass is 10.0. The quantitative estimate of drug-likeness (QED) is 0.608. The van der Waals surface area contributed by atoms with Gasteiger partial charge in [0.2, 0.25) is 0 Å². The van der Waals surface area contributed by atoms with Crippen LogP contribution in [0.3, 0.4) is 0 Å². The van der Waals surface area contributed by atoms with Gasteiger partial charge in [-0.3, -0.25) is 0 Å². The van der Waals surface area contributed by atoms with E-state index in [1.807, 2.05) is 0 Å². The Bertz CT molecular complexity index is 346. The van der Waals surface area contributed by atoms with Crippen LogP contribution in [-0.2, 0) is 6.61 Å². The average molecular weight is 246 g/mol. The van der Waals surface area contributed by atoms with E-state index in [9.17, 15) is 10.2 Å². The van der Waals surface area contributed by atoms with E-state index in [0.717, 1.165) is 0 Å². The summed E-state index contributed by atoms with van der Waals surface area (Å²) in [6, 6.07) is 4.81. The van der Waals surface area contributed by atoms with Gasteiger partial charge in [0.25, 0.3) is 0 Å². The van der Waals surface area contributed by atoms with Gasteiger partial charge in [0, 0.05) is 11.6 Å². The van der Waals surface area contributed by atoms with E-state index in [0.29, 0.717) is 16.1 Å². The van der Waals surface area contributed by atoms with Gasteiger partial charge in [-0.15, -0.1) is 0 Å². The summed E-state index contributed by atoms with van der Waals surface area (Å²) in [5, 5.41) is 31.7. The van der Waals surface area contributed by atoms with Gasteiger partial charge >= 0.3 is 0 Å². The summed E-state index contributed by atoms with van der Waals surface area (Å²) in [5.41, 5.74) is 1.08. The first-order valence-corrected chi connectivity index (χ1v) is 5.37. The van der Waals surface area contributed by atoms with Crippen LogP contribution < -0.4 is 5.32 Å². The fourth-order valence-electron chi connectivity index (χ4n) is 1.44. The van der Waals surface area contributed by atoms with Crippen molar-refractivity contribution in [3.63, 3.8) is 0 Å². The normalized spacial score (nSPS) is 14.8. The van der Waals surface area contributed by atoms with Crippen LogP contribution in [0.2, 0.25) is 5.02 Å². The molecule has 0 spiro atoms. The Morgan fingerprint density at radius 2 is 2.06 bits per heavy atom. The second-order valence-electron chi connectivity index (χ2n) is 3.58. The first-order chi connectivity index (χ1) is 7.60. The molecule has 4 nitrogen and oxygen atoms in total. The lowest BCUT2D eigenvalue weighted by molar-refractivity contribution is 0.0201. The fraction of sp³-hybridized carbons (Fsp3) is 0.455. The minimum atomic E-state index is -0.991. The number of hydrogen-bond donors (Lipinski definition) is 4. The molecule has 5 heteroatoms. The summed E-state index contributed by atoms with van der Waals surface area (Å²) in [4.78, 5) is 0. The Morgan fingerprint density at radius 3 is 2.62 bits per heavy atom. The number of halogens is 1. The average Bonchev–Trinajstić information content (AvgIpc) is 2.29. The Labute approximate surface area is 99.5 Å². The second-order valence-corrected chi connectivity index (χ2v) is 3.99. The first kappa shape index (κ1) is 13.4. The van der Waals surface area contributed by atoms with Gasteiger partial charge in [-0.25, -0.2) is 0 Å². The molecule has 0 heterocycles. The third-order valence-corrected chi connectivity index (χ3v) is 2.73. The van der Waals surface area contributed by atoms with Crippen molar-refractivity contribution in [1.82, 2.24) is 5.32 Å². The van der Waals surface area contributed by atoms with Crippen molar-refractivity contribution in [2.75, 3.05) is 13.6 Å². The summed E-state index contributed by atoms with van der Waals surface area (Å²) in [6.45, 7) is 0.0970. The van der Waals surface area contributed by atoms with E-state index in [1.165, 1.54) is 0 Å². The Balaban J connectivity index is 2.87. The number of hydrogen-bond acceptors (Lipinski definition) is 4. The summed E-state index contributed by atoms with van der Waals surface area (Å²) >= 11 is 5.83. The van der Waals surface area contributed by atoms with Gasteiger partial charge in [-0.1, -0.05) is 17.7 Å². The van der Waals surface area contributed by atoms with Crippen LogP contribution in [0.1, 0.15) is 17.2 Å². The summed E-state index contributed by atoms with van der Waals surface area (Å²) < 4.78 is 0. The molecular formula is C11H16ClNO3. The van der Waals surface area contributed by atoms with Crippen LogP contribution in [0, 0.1) is 0 Å². The Morgan fingerprint density at radius 1 is 1.38 bits per heavy atom. The van der Waals surface area contributed by atoms with E-state index in [-0.39, 0.29) is 13.2 Å². The van der Waals surface area contributed by atoms with Crippen LogP contribution >= 0.6 is 11.6 Å². The maximum Gasteiger partial charge on any atom is 0.106 e. The number of likely N-dealkylation sites (N-methyl/N-ethyl adjacent to an activating group) is 1. The summed E-state index contributed by atoms with van der Waals surface area (Å²) in [5.74, 6) is 0. The molecule has 0 fully saturated rings. The van der Waals surface area contributed by atoms with Crippen LogP contribution in [-0.4, -0.2) is 35.0 Å². The predicted molar refractivity (Wildman–Crippen MR) is 62.3 cm³/mol. The van der Waals surface area contributed by atoms with E-state index >= 15 is 0 Å². The highest BCUT2D eigenvalue weighted by Gasteiger charge is 2.18. The van der Waals surface area contributed by atoms with Gasteiger partial charge in [0.05, 0.1) is 12.7 Å². The fourth-order valence-corrected chi connectivity index (χ4v) is 1.62. The second kappa shape index (κ2) is 6.18. The summed E-state index contributed by atoms with van der Waals surface area (Å²) in [7, 11) is 1.69. The predicted octanol–water partition coefficient (Wildman–Crippen LogP) is 0.446. The molecule has 1 rings (SSSR count). The third-order valence-electron chi connectivity index (χ3n) is 2.36. The van der Waals surface area contributed by atoms with Crippen LogP contribution in [0.5, 0.6) is 0 Å². The molecule has 16 heavy (non-hydrogen) atoms. The maximum atomic E-state index is 9.82. The zero-order valence-corrected chi connectivity index (χ0v) is 9.78. The van der Waals surface area contributed by atoms with Crippen molar-refractivity contribution in [1.29, 1.82) is 0 Å². The smallest absolute Gasteiger partial charge is 0.106 e. The van der Waals surface area contributed by atoms with Gasteiger partial charge in [-0.05, 0) is 30.3 Å². The SMILES string of the molecule is CNCC(O)C(O)c1ccc(Cl)c(CO)c1. The Kier molecular flexibility index (Phi) is 5.18. The number of aliphatic hydroxyl groups excluding tert-OH is 3. The van der Waals surface area contributed by atoms with Crippen molar-refractivity contribution in [3.8, 4) is 0 Å². The highest BCUT2D eigenvalue weighted by atomic mass is 35.5. The molecule has 0 saturated carbocycles. The van der Waals surface area contributed by atoms with Gasteiger partial charge in [-0.2, -0.15) is 0 Å². The molecule has 0 aromatic heterocycles. The van der Waals surface area contributed by atoms with Gasteiger partial charge in [0.1, 0.15) is 6.10 Å². The largest absolute Gasteiger partial charge is 0.392 e. The minimum Gasteiger partial charge on any atom is -0.392 e. The number of aliphatic hydroxyl groups is 3. The third kappa shape index (κ3) is 3.17. The van der Waals surface area contributed by atoms with Crippen molar-refractivity contribution in [2.24, 2.45) is 0 Å². The molecule has 0 aliphatic heterocycles. The molecule has 2 atom stereocenters. The molecule has 0 amide bonds. The van der Waals surface area contributed by atoms with Crippen LogP contribution in [0.15, 0.2) is 18.2 Å². The van der Waals surface area contributed by atoms with Crippen LogP contribution in [0.25, 0.3) is 0 Å². The highest BCUT2D eigenvalue weighted by Crippen LogP contribution is 2.23. The molecule has 1 aromatic rings. The molecule has 90 valence electrons. The molecule has 0 radical (unpaired) electrons. The zero-order chi connectivity index (χ0) is 12.1. The lowest BCUT2D eigenvalue weighted by Crippen LogP contribution is -2.29. The molecule has 0 saturated heterocycles. The lowest BCUT2D eigenvalue weighted by Gasteiger charge is -2.18. The standard InChI is InChI=1S/C11H16ClNO3/c1-13-5-10(15)11(16)7-2-3-9(12)8(4-7)6-14/h2-4,10-11,13-16H,5-6H2,1H3. The molecule has 0 aliphatic rings. The number of benzene rings is 1. The van der Waals surface area contributed by atoms with Crippen molar-refractivity contribution in [3.05, 3.63) is 34.3 Å². The minimum absolute atomic E-state index is 0.193. The number of nitrogens with one attached hydrogen (secondary N) is 1. The van der Waals surface area contributed by atoms with E-state index in [1.54, 1.807) is 25.2 Å². The monoisotopic (exact) mass is 245 g/mol. The molecule has 2 unspecified atom stereocenters. The van der Waals surface area contributed by atoms with Gasteiger partial charge in [0.15, 0.2) is 0 Å². The number of rotatable bonds is 5. The molecule has 1 aromatic carbocycles. The molecule has 0 bridgehead atoms. The first-order valence-electron chi connectivity index (χ1n) is 5.00. The van der Waals surface area contributed by atoms with E-state index < -0.39 is 12.2 Å². The molecular weight excluding hydrogens is 230 g/mol. The van der Waals surface area contributed by atoms with Crippen molar-refractivity contribution >= 4 is 11.6 Å². The van der Waals surface area contributed by atoms with Crippen molar-refractivity contribution in [2.45, 2.75) is 18.8 Å². The molecule has 4 N–H and O–H groups in total. The Hall–Kier alpha value is -0.650. The topological polar surface area (TPSA) is 72.7 Å². The zero-order valence-electron chi connectivity index (χ0n) is 9.02. The summed E-state index contributed by atoms with van der Waals surface area (Å²) in [6.07, 6.45) is -1.88. The van der Waals surface area contributed by atoms with E-state index in [2.05, 4.69) is 5.32 Å². The van der Waals surface area contributed by atoms with Gasteiger partial charge < -0.3 is 20.6 Å². The molecule has 0 aliphatic carbocycles. The van der Waals surface area contributed by atoms with Crippen molar-refractivity contribution < 1.29 is 15.3 Å². The van der Waals surface area contributed by atoms with Crippen LogP contribution in [0.4, 0.5) is 0 Å². The maximum absolute atomic E-state index is 9.82. The van der Waals surface area contributed by atoms with E-state index in [4.69, 9.17) is 16.7 Å². The highest BCUT2D eigenvalue weighted by molar-refractivity contribution is 6.31.